The molecule has 0 radical (unpaired) electrons. The molecule has 8 heteroatoms. The van der Waals surface area contributed by atoms with Crippen molar-refractivity contribution in [2.24, 2.45) is 0 Å². The molecule has 138 valence electrons. The Morgan fingerprint density at radius 3 is 2.40 bits per heavy atom. The fourth-order valence-electron chi connectivity index (χ4n) is 2.73. The van der Waals surface area contributed by atoms with E-state index in [0.29, 0.717) is 18.7 Å². The molecule has 1 heterocycles. The third-order valence-corrected chi connectivity index (χ3v) is 5.07. The molecule has 2 rings (SSSR count). The van der Waals surface area contributed by atoms with Crippen molar-refractivity contribution in [3.8, 4) is 0 Å². The summed E-state index contributed by atoms with van der Waals surface area (Å²) in [4.78, 5) is 26.1. The minimum atomic E-state index is -3.43. The van der Waals surface area contributed by atoms with Gasteiger partial charge in [0, 0.05) is 19.3 Å². The molecule has 1 saturated heterocycles. The second-order valence-corrected chi connectivity index (χ2v) is 8.40. The summed E-state index contributed by atoms with van der Waals surface area (Å²) < 4.78 is 33.9. The molecule has 2 atom stereocenters. The average molecular weight is 369 g/mol. The van der Waals surface area contributed by atoms with Gasteiger partial charge in [0.05, 0.1) is 22.7 Å². The number of sulfone groups is 1. The Morgan fingerprint density at radius 2 is 1.84 bits per heavy atom. The molecule has 0 aromatic heterocycles. The SMILES string of the molecule is Cc1ccc(S(C)(=O)=O)cc1C(=O)OCC(=O)N1C[C@H](C)O[C@@H](C)C1. The molecule has 1 aliphatic heterocycles. The molecule has 1 aromatic carbocycles. The van der Waals surface area contributed by atoms with Gasteiger partial charge in [-0.2, -0.15) is 0 Å². The molecule has 1 aromatic rings. The molecule has 0 bridgehead atoms. The minimum absolute atomic E-state index is 0.0344. The zero-order chi connectivity index (χ0) is 18.8. The summed E-state index contributed by atoms with van der Waals surface area (Å²) in [6.45, 7) is 5.94. The first-order chi connectivity index (χ1) is 11.6. The lowest BCUT2D eigenvalue weighted by Crippen LogP contribution is -2.49. The molecule has 25 heavy (non-hydrogen) atoms. The number of nitrogens with zero attached hydrogens (tertiary/aromatic N) is 1. The van der Waals surface area contributed by atoms with Crippen LogP contribution in [0.15, 0.2) is 23.1 Å². The van der Waals surface area contributed by atoms with Crippen LogP contribution < -0.4 is 0 Å². The van der Waals surface area contributed by atoms with E-state index in [-0.39, 0.29) is 35.2 Å². The maximum absolute atomic E-state index is 12.2. The molecule has 1 fully saturated rings. The van der Waals surface area contributed by atoms with Gasteiger partial charge < -0.3 is 14.4 Å². The van der Waals surface area contributed by atoms with E-state index < -0.39 is 15.8 Å². The van der Waals surface area contributed by atoms with Gasteiger partial charge in [0.2, 0.25) is 0 Å². The maximum Gasteiger partial charge on any atom is 0.338 e. The zero-order valence-electron chi connectivity index (χ0n) is 14.8. The van der Waals surface area contributed by atoms with Crippen LogP contribution in [0, 0.1) is 6.92 Å². The predicted octanol–water partition coefficient (Wildman–Crippen LogP) is 1.19. The smallest absolute Gasteiger partial charge is 0.338 e. The molecule has 0 unspecified atom stereocenters. The maximum atomic E-state index is 12.2. The van der Waals surface area contributed by atoms with E-state index in [0.717, 1.165) is 6.26 Å². The van der Waals surface area contributed by atoms with E-state index in [1.165, 1.54) is 12.1 Å². The van der Waals surface area contributed by atoms with E-state index in [1.54, 1.807) is 17.9 Å². The Labute approximate surface area is 147 Å². The molecule has 0 spiro atoms. The Hall–Kier alpha value is -1.93. The Morgan fingerprint density at radius 1 is 1.24 bits per heavy atom. The number of benzene rings is 1. The van der Waals surface area contributed by atoms with Crippen LogP contribution in [0.25, 0.3) is 0 Å². The molecule has 0 saturated carbocycles. The Kier molecular flexibility index (Phi) is 5.84. The number of carbonyl (C=O) groups excluding carboxylic acids is 2. The number of hydrogen-bond donors (Lipinski definition) is 0. The van der Waals surface area contributed by atoms with Crippen molar-refractivity contribution in [1.82, 2.24) is 4.90 Å². The molecule has 0 aliphatic carbocycles. The van der Waals surface area contributed by atoms with Crippen LogP contribution in [0.1, 0.15) is 29.8 Å². The van der Waals surface area contributed by atoms with E-state index in [4.69, 9.17) is 9.47 Å². The largest absolute Gasteiger partial charge is 0.452 e. The average Bonchev–Trinajstić information content (AvgIpc) is 2.50. The van der Waals surface area contributed by atoms with Crippen LogP contribution in [0.4, 0.5) is 0 Å². The van der Waals surface area contributed by atoms with Gasteiger partial charge in [0.25, 0.3) is 5.91 Å². The number of ether oxygens (including phenoxy) is 2. The first-order valence-corrected chi connectivity index (χ1v) is 9.88. The van der Waals surface area contributed by atoms with Crippen LogP contribution in [0.2, 0.25) is 0 Å². The van der Waals surface area contributed by atoms with Crippen molar-refractivity contribution in [2.45, 2.75) is 37.9 Å². The molecule has 1 amide bonds. The van der Waals surface area contributed by atoms with E-state index >= 15 is 0 Å². The van der Waals surface area contributed by atoms with Crippen molar-refractivity contribution in [2.75, 3.05) is 26.0 Å². The zero-order valence-corrected chi connectivity index (χ0v) is 15.6. The van der Waals surface area contributed by atoms with Crippen molar-refractivity contribution < 1.29 is 27.5 Å². The standard InChI is InChI=1S/C17H23NO6S/c1-11-5-6-14(25(4,21)22)7-15(11)17(20)23-10-16(19)18-8-12(2)24-13(3)9-18/h5-7,12-13H,8-10H2,1-4H3/t12-,13-/m0/s1. The first kappa shape index (κ1) is 19.4. The molecular formula is C17H23NO6S. The van der Waals surface area contributed by atoms with Gasteiger partial charge in [0.1, 0.15) is 0 Å². The summed E-state index contributed by atoms with van der Waals surface area (Å²) >= 11 is 0. The van der Waals surface area contributed by atoms with Gasteiger partial charge in [-0.1, -0.05) is 6.07 Å². The molecule has 1 aliphatic rings. The predicted molar refractivity (Wildman–Crippen MR) is 91.2 cm³/mol. The summed E-state index contributed by atoms with van der Waals surface area (Å²) in [5, 5.41) is 0. The lowest BCUT2D eigenvalue weighted by atomic mass is 10.1. The van der Waals surface area contributed by atoms with Crippen LogP contribution >= 0.6 is 0 Å². The molecular weight excluding hydrogens is 346 g/mol. The molecule has 7 nitrogen and oxygen atoms in total. The number of amides is 1. The van der Waals surface area contributed by atoms with Crippen molar-refractivity contribution >= 4 is 21.7 Å². The first-order valence-electron chi connectivity index (χ1n) is 7.99. The minimum Gasteiger partial charge on any atom is -0.452 e. The van der Waals surface area contributed by atoms with E-state index in [9.17, 15) is 18.0 Å². The second-order valence-electron chi connectivity index (χ2n) is 6.38. The summed E-state index contributed by atoms with van der Waals surface area (Å²) in [5.74, 6) is -1.02. The van der Waals surface area contributed by atoms with Gasteiger partial charge in [-0.3, -0.25) is 4.79 Å². The third kappa shape index (κ3) is 5.02. The summed E-state index contributed by atoms with van der Waals surface area (Å²) in [5.41, 5.74) is 0.720. The summed E-state index contributed by atoms with van der Waals surface area (Å²) in [6, 6.07) is 4.25. The number of esters is 1. The number of hydrogen-bond acceptors (Lipinski definition) is 6. The lowest BCUT2D eigenvalue weighted by Gasteiger charge is -2.35. The topological polar surface area (TPSA) is 90.0 Å². The fourth-order valence-corrected chi connectivity index (χ4v) is 3.38. The highest BCUT2D eigenvalue weighted by molar-refractivity contribution is 7.90. The van der Waals surface area contributed by atoms with Crippen LogP contribution in [-0.4, -0.2) is 63.4 Å². The number of morpholine rings is 1. The normalized spacial score (nSPS) is 21.0. The monoisotopic (exact) mass is 369 g/mol. The van der Waals surface area contributed by atoms with E-state index in [1.807, 2.05) is 13.8 Å². The summed E-state index contributed by atoms with van der Waals surface area (Å²) in [6.07, 6.45) is 0.922. The van der Waals surface area contributed by atoms with Gasteiger partial charge in [0.15, 0.2) is 16.4 Å². The number of carbonyl (C=O) groups is 2. The third-order valence-electron chi connectivity index (χ3n) is 3.96. The van der Waals surface area contributed by atoms with Crippen LogP contribution in [-0.2, 0) is 24.1 Å². The highest BCUT2D eigenvalue weighted by atomic mass is 32.2. The second kappa shape index (κ2) is 7.53. The van der Waals surface area contributed by atoms with E-state index in [2.05, 4.69) is 0 Å². The Bertz CT molecular complexity index is 763. The van der Waals surface area contributed by atoms with Gasteiger partial charge in [-0.25, -0.2) is 13.2 Å². The van der Waals surface area contributed by atoms with Crippen LogP contribution in [0.5, 0.6) is 0 Å². The van der Waals surface area contributed by atoms with Crippen molar-refractivity contribution in [3.63, 3.8) is 0 Å². The quantitative estimate of drug-likeness (QED) is 0.741. The molecule has 0 N–H and O–H groups in total. The van der Waals surface area contributed by atoms with Gasteiger partial charge in [-0.05, 0) is 38.5 Å². The number of rotatable bonds is 4. The highest BCUT2D eigenvalue weighted by Crippen LogP contribution is 2.17. The van der Waals surface area contributed by atoms with Crippen molar-refractivity contribution in [3.05, 3.63) is 29.3 Å². The fraction of sp³-hybridized carbons (Fsp3) is 0.529. The summed E-state index contributed by atoms with van der Waals surface area (Å²) in [7, 11) is -3.43. The Balaban J connectivity index is 2.04. The lowest BCUT2D eigenvalue weighted by molar-refractivity contribution is -0.146. The van der Waals surface area contributed by atoms with Gasteiger partial charge in [-0.15, -0.1) is 0 Å². The highest BCUT2D eigenvalue weighted by Gasteiger charge is 2.26. The van der Waals surface area contributed by atoms with Gasteiger partial charge >= 0.3 is 5.97 Å². The van der Waals surface area contributed by atoms with Crippen LogP contribution in [0.3, 0.4) is 0 Å². The number of aryl methyl sites for hydroxylation is 1. The van der Waals surface area contributed by atoms with Crippen molar-refractivity contribution in [1.29, 1.82) is 0 Å².